The van der Waals surface area contributed by atoms with Crippen LogP contribution in [-0.2, 0) is 29.2 Å². The summed E-state index contributed by atoms with van der Waals surface area (Å²) in [6.45, 7) is 5.41. The molecule has 26 heavy (non-hydrogen) atoms. The Morgan fingerprint density at radius 2 is 1.88 bits per heavy atom. The molecule has 7 heteroatoms. The summed E-state index contributed by atoms with van der Waals surface area (Å²) in [7, 11) is 1.61. The Balaban J connectivity index is 1.67. The van der Waals surface area contributed by atoms with E-state index in [0.29, 0.717) is 13.1 Å². The van der Waals surface area contributed by atoms with Crippen molar-refractivity contribution in [2.24, 2.45) is 0 Å². The van der Waals surface area contributed by atoms with Gasteiger partial charge in [0.15, 0.2) is 0 Å². The Kier molecular flexibility index (Phi) is 5.25. The first-order valence-electron chi connectivity index (χ1n) is 8.75. The highest BCUT2D eigenvalue weighted by atomic mass is 16.5. The molecule has 0 aliphatic carbocycles. The predicted octanol–water partition coefficient (Wildman–Crippen LogP) is 1.67. The van der Waals surface area contributed by atoms with Crippen molar-refractivity contribution < 1.29 is 14.3 Å². The van der Waals surface area contributed by atoms with Gasteiger partial charge in [0.2, 0.25) is 11.8 Å². The summed E-state index contributed by atoms with van der Waals surface area (Å²) >= 11 is 0. The van der Waals surface area contributed by atoms with Crippen LogP contribution in [0, 0.1) is 0 Å². The van der Waals surface area contributed by atoms with E-state index in [1.54, 1.807) is 23.8 Å². The fourth-order valence-electron chi connectivity index (χ4n) is 3.09. The average Bonchev–Trinajstić information content (AvgIpc) is 3.11. The topological polar surface area (TPSA) is 67.7 Å². The molecule has 1 aliphatic heterocycles. The average molecular weight is 356 g/mol. The van der Waals surface area contributed by atoms with Crippen LogP contribution in [0.2, 0.25) is 0 Å². The summed E-state index contributed by atoms with van der Waals surface area (Å²) in [6, 6.07) is 8.91. The first-order valence-corrected chi connectivity index (χ1v) is 8.75. The Labute approximate surface area is 153 Å². The van der Waals surface area contributed by atoms with Crippen molar-refractivity contribution in [3.05, 3.63) is 47.8 Å². The fraction of sp³-hybridized carbons (Fsp3) is 0.421. The summed E-state index contributed by atoms with van der Waals surface area (Å²) < 4.78 is 6.96. The van der Waals surface area contributed by atoms with Gasteiger partial charge < -0.3 is 14.5 Å². The number of carbonyl (C=O) groups excluding carboxylic acids is 2. The second-order valence-electron chi connectivity index (χ2n) is 6.40. The summed E-state index contributed by atoms with van der Waals surface area (Å²) in [5.74, 6) is 0.660. The van der Waals surface area contributed by atoms with E-state index < -0.39 is 6.04 Å². The van der Waals surface area contributed by atoms with E-state index >= 15 is 0 Å². The molecule has 1 atom stereocenters. The zero-order valence-corrected chi connectivity index (χ0v) is 15.4. The largest absolute Gasteiger partial charge is 0.497 e. The van der Waals surface area contributed by atoms with Crippen molar-refractivity contribution >= 4 is 11.8 Å². The maximum atomic E-state index is 12.7. The number of ether oxygens (including phenoxy) is 1. The van der Waals surface area contributed by atoms with Crippen molar-refractivity contribution in [3.63, 3.8) is 0 Å². The minimum atomic E-state index is -0.499. The minimum Gasteiger partial charge on any atom is -0.497 e. The number of piperazine rings is 1. The molecule has 1 fully saturated rings. The lowest BCUT2D eigenvalue weighted by Crippen LogP contribution is -2.58. The molecule has 2 amide bonds. The van der Waals surface area contributed by atoms with Gasteiger partial charge >= 0.3 is 0 Å². The van der Waals surface area contributed by atoms with Gasteiger partial charge in [0.25, 0.3) is 0 Å². The van der Waals surface area contributed by atoms with E-state index in [0.717, 1.165) is 23.6 Å². The third-order valence-corrected chi connectivity index (χ3v) is 4.67. The molecule has 0 unspecified atom stereocenters. The van der Waals surface area contributed by atoms with Gasteiger partial charge in [-0.2, -0.15) is 5.10 Å². The normalized spacial score (nSPS) is 17.7. The van der Waals surface area contributed by atoms with Gasteiger partial charge in [-0.3, -0.25) is 14.3 Å². The summed E-state index contributed by atoms with van der Waals surface area (Å²) in [6.07, 6.45) is 1.88. The molecule has 138 valence electrons. The third-order valence-electron chi connectivity index (χ3n) is 4.67. The highest BCUT2D eigenvalue weighted by molar-refractivity contribution is 5.94. The number of amides is 2. The van der Waals surface area contributed by atoms with E-state index in [4.69, 9.17) is 4.74 Å². The molecular formula is C19H24N4O3. The molecule has 0 saturated carbocycles. The number of nitrogens with zero attached hydrogens (tertiary/aromatic N) is 4. The van der Waals surface area contributed by atoms with Crippen LogP contribution in [0.1, 0.15) is 25.1 Å². The maximum Gasteiger partial charge on any atom is 0.245 e. The molecule has 0 radical (unpaired) electrons. The van der Waals surface area contributed by atoms with Gasteiger partial charge in [0.1, 0.15) is 18.3 Å². The Morgan fingerprint density at radius 1 is 1.15 bits per heavy atom. The van der Waals surface area contributed by atoms with Crippen molar-refractivity contribution in [2.45, 2.75) is 39.5 Å². The molecule has 2 aromatic rings. The molecule has 2 heterocycles. The van der Waals surface area contributed by atoms with Crippen LogP contribution in [0.3, 0.4) is 0 Å². The van der Waals surface area contributed by atoms with Crippen LogP contribution in [0.15, 0.2) is 36.5 Å². The second-order valence-corrected chi connectivity index (χ2v) is 6.40. The van der Waals surface area contributed by atoms with Gasteiger partial charge in [-0.1, -0.05) is 12.1 Å². The van der Waals surface area contributed by atoms with Crippen LogP contribution in [0.4, 0.5) is 0 Å². The number of hydrogen-bond acceptors (Lipinski definition) is 4. The lowest BCUT2D eigenvalue weighted by Gasteiger charge is -2.38. The number of benzene rings is 1. The molecule has 1 saturated heterocycles. The van der Waals surface area contributed by atoms with Crippen molar-refractivity contribution in [2.75, 3.05) is 13.7 Å². The number of methoxy groups -OCH3 is 1. The highest BCUT2D eigenvalue weighted by Crippen LogP contribution is 2.19. The lowest BCUT2D eigenvalue weighted by atomic mass is 10.1. The number of hydrogen-bond donors (Lipinski definition) is 0. The third kappa shape index (κ3) is 3.71. The van der Waals surface area contributed by atoms with Gasteiger partial charge in [-0.05, 0) is 37.6 Å². The molecule has 0 N–H and O–H groups in total. The molecule has 0 spiro atoms. The van der Waals surface area contributed by atoms with Crippen LogP contribution < -0.4 is 4.74 Å². The van der Waals surface area contributed by atoms with Crippen LogP contribution in [0.25, 0.3) is 0 Å². The Bertz CT molecular complexity index is 784. The first kappa shape index (κ1) is 18.0. The second kappa shape index (κ2) is 7.59. The standard InChI is InChI=1S/C19H24N4O3/c1-4-22-10-9-16(20-22)12-23-14(2)19(25)21(13-18(23)24)11-15-5-7-17(26-3)8-6-15/h5-10,14H,4,11-13H2,1-3H3/t14-/m0/s1. The van der Waals surface area contributed by atoms with Crippen molar-refractivity contribution in [3.8, 4) is 5.75 Å². The minimum absolute atomic E-state index is 0.0460. The molecule has 1 aromatic heterocycles. The molecule has 1 aliphatic rings. The maximum absolute atomic E-state index is 12.7. The molecule has 1 aromatic carbocycles. The predicted molar refractivity (Wildman–Crippen MR) is 96.3 cm³/mol. The molecular weight excluding hydrogens is 332 g/mol. The van der Waals surface area contributed by atoms with Gasteiger partial charge in [0, 0.05) is 19.3 Å². The van der Waals surface area contributed by atoms with E-state index in [1.165, 1.54) is 0 Å². The van der Waals surface area contributed by atoms with Crippen LogP contribution >= 0.6 is 0 Å². The van der Waals surface area contributed by atoms with Gasteiger partial charge in [-0.15, -0.1) is 0 Å². The number of carbonyl (C=O) groups is 2. The summed E-state index contributed by atoms with van der Waals surface area (Å²) in [5, 5.41) is 4.41. The van der Waals surface area contributed by atoms with Crippen molar-refractivity contribution in [1.82, 2.24) is 19.6 Å². The Morgan fingerprint density at radius 3 is 2.50 bits per heavy atom. The van der Waals surface area contributed by atoms with Gasteiger partial charge in [-0.25, -0.2) is 0 Å². The zero-order chi connectivity index (χ0) is 18.7. The zero-order valence-electron chi connectivity index (χ0n) is 15.4. The monoisotopic (exact) mass is 356 g/mol. The number of aryl methyl sites for hydroxylation is 1. The fourth-order valence-corrected chi connectivity index (χ4v) is 3.09. The SMILES string of the molecule is CCn1ccc(CN2C(=O)CN(Cc3ccc(OC)cc3)C(=O)[C@@H]2C)n1. The first-order chi connectivity index (χ1) is 12.5. The molecule has 3 rings (SSSR count). The van der Waals surface area contributed by atoms with Crippen molar-refractivity contribution in [1.29, 1.82) is 0 Å². The van der Waals surface area contributed by atoms with E-state index in [2.05, 4.69) is 5.10 Å². The summed E-state index contributed by atoms with van der Waals surface area (Å²) in [5.41, 5.74) is 1.76. The lowest BCUT2D eigenvalue weighted by molar-refractivity contribution is -0.156. The highest BCUT2D eigenvalue weighted by Gasteiger charge is 2.36. The quantitative estimate of drug-likeness (QED) is 0.790. The van der Waals surface area contributed by atoms with E-state index in [9.17, 15) is 9.59 Å². The number of aromatic nitrogens is 2. The van der Waals surface area contributed by atoms with E-state index in [-0.39, 0.29) is 18.4 Å². The Hall–Kier alpha value is -2.83. The molecule has 7 nitrogen and oxygen atoms in total. The van der Waals surface area contributed by atoms with E-state index in [1.807, 2.05) is 48.1 Å². The van der Waals surface area contributed by atoms with Crippen LogP contribution in [0.5, 0.6) is 5.75 Å². The number of rotatable bonds is 6. The smallest absolute Gasteiger partial charge is 0.245 e. The molecule has 0 bridgehead atoms. The van der Waals surface area contributed by atoms with Crippen LogP contribution in [-0.4, -0.2) is 51.1 Å². The van der Waals surface area contributed by atoms with Gasteiger partial charge in [0.05, 0.1) is 19.3 Å². The summed E-state index contributed by atoms with van der Waals surface area (Å²) in [4.78, 5) is 28.6.